The van der Waals surface area contributed by atoms with Crippen molar-refractivity contribution in [1.82, 2.24) is 10.4 Å². The fourth-order valence-corrected chi connectivity index (χ4v) is 1.40. The predicted octanol–water partition coefficient (Wildman–Crippen LogP) is 1.26. The molecule has 0 aliphatic rings. The van der Waals surface area contributed by atoms with Crippen LogP contribution in [0.4, 0.5) is 0 Å². The Morgan fingerprint density at radius 3 is 2.57 bits per heavy atom. The number of hydrogen-bond donors (Lipinski definition) is 2. The van der Waals surface area contributed by atoms with Crippen LogP contribution < -0.4 is 10.4 Å². The van der Waals surface area contributed by atoms with E-state index in [2.05, 4.69) is 26.8 Å². The van der Waals surface area contributed by atoms with E-state index in [1.807, 2.05) is 6.92 Å². The van der Waals surface area contributed by atoms with Crippen molar-refractivity contribution in [2.75, 3.05) is 6.54 Å². The Kier molecular flexibility index (Phi) is 14.3. The molecule has 14 heavy (non-hydrogen) atoms. The minimum absolute atomic E-state index is 0. The van der Waals surface area contributed by atoms with E-state index in [0.29, 0.717) is 6.42 Å². The van der Waals surface area contributed by atoms with Crippen LogP contribution in [-0.4, -0.2) is 18.4 Å². The van der Waals surface area contributed by atoms with E-state index in [1.165, 1.54) is 0 Å². The predicted molar refractivity (Wildman–Crippen MR) is 59.1 cm³/mol. The Morgan fingerprint density at radius 2 is 2.14 bits per heavy atom. The summed E-state index contributed by atoms with van der Waals surface area (Å²) in [5.74, 6) is 0.258. The van der Waals surface area contributed by atoms with E-state index in [1.54, 1.807) is 0 Å². The van der Waals surface area contributed by atoms with Gasteiger partial charge in [-0.05, 0) is 19.4 Å². The number of rotatable bonds is 8. The second kappa shape index (κ2) is 11.7. The SMILES string of the molecule is [CH2-]NC(CCCCNP)C(=O)CC.[Rh]. The van der Waals surface area contributed by atoms with Crippen molar-refractivity contribution in [3.63, 3.8) is 0 Å². The smallest absolute Gasteiger partial charge is 0.147 e. The maximum atomic E-state index is 11.3. The van der Waals surface area contributed by atoms with Gasteiger partial charge in [0.25, 0.3) is 0 Å². The van der Waals surface area contributed by atoms with Gasteiger partial charge in [-0.15, -0.1) is 0 Å². The first-order chi connectivity index (χ1) is 6.26. The molecule has 0 spiro atoms. The quantitative estimate of drug-likeness (QED) is 0.307. The summed E-state index contributed by atoms with van der Waals surface area (Å²) in [7, 11) is 6.03. The Morgan fingerprint density at radius 1 is 1.50 bits per heavy atom. The molecule has 0 saturated carbocycles. The summed E-state index contributed by atoms with van der Waals surface area (Å²) in [5.41, 5.74) is 0. The monoisotopic (exact) mass is 306 g/mol. The summed E-state index contributed by atoms with van der Waals surface area (Å²) in [6, 6.07) is -0.0468. The van der Waals surface area contributed by atoms with Gasteiger partial charge in [0.15, 0.2) is 0 Å². The molecule has 0 saturated heterocycles. The van der Waals surface area contributed by atoms with Crippen LogP contribution in [0.25, 0.3) is 0 Å². The Bertz CT molecular complexity index is 147. The minimum Gasteiger partial charge on any atom is -0.464 e. The number of carbonyl (C=O) groups excluding carboxylic acids is 1. The molecular weight excluding hydrogens is 286 g/mol. The molecule has 0 heterocycles. The number of carbonyl (C=O) groups is 1. The zero-order valence-corrected chi connectivity index (χ0v) is 11.4. The molecule has 0 bridgehead atoms. The first-order valence-corrected chi connectivity index (χ1v) is 5.32. The van der Waals surface area contributed by atoms with Crippen molar-refractivity contribution in [1.29, 1.82) is 0 Å². The second-order valence-corrected chi connectivity index (χ2v) is 3.43. The van der Waals surface area contributed by atoms with Crippen LogP contribution in [0.2, 0.25) is 0 Å². The fourth-order valence-electron chi connectivity index (χ4n) is 1.20. The third-order valence-corrected chi connectivity index (χ3v) is 2.34. The van der Waals surface area contributed by atoms with E-state index < -0.39 is 0 Å². The Balaban J connectivity index is 0. The third-order valence-electron chi connectivity index (χ3n) is 2.05. The van der Waals surface area contributed by atoms with Crippen LogP contribution in [0.15, 0.2) is 0 Å². The molecule has 0 amide bonds. The van der Waals surface area contributed by atoms with Gasteiger partial charge in [0.2, 0.25) is 0 Å². The molecule has 0 aromatic heterocycles. The second-order valence-electron chi connectivity index (χ2n) is 3.03. The van der Waals surface area contributed by atoms with Gasteiger partial charge in [0.05, 0.1) is 0 Å². The number of Topliss-reactive ketones (excluding diaryl/α,β-unsaturated/α-hetero) is 1. The molecule has 0 aliphatic carbocycles. The summed E-state index contributed by atoms with van der Waals surface area (Å²) < 4.78 is 0. The van der Waals surface area contributed by atoms with Gasteiger partial charge in [-0.1, -0.05) is 22.7 Å². The summed E-state index contributed by atoms with van der Waals surface area (Å²) in [4.78, 5) is 11.3. The Hall–Kier alpha value is 0.643. The number of ketones is 1. The third kappa shape index (κ3) is 7.99. The van der Waals surface area contributed by atoms with Gasteiger partial charge in [-0.3, -0.25) is 11.8 Å². The average Bonchev–Trinajstić information content (AvgIpc) is 2.17. The number of hydrogen-bond acceptors (Lipinski definition) is 3. The average molecular weight is 306 g/mol. The maximum Gasteiger partial charge on any atom is 0.147 e. The molecule has 1 radical (unpaired) electrons. The maximum absolute atomic E-state index is 11.3. The Labute approximate surface area is 102 Å². The van der Waals surface area contributed by atoms with Gasteiger partial charge < -0.3 is 10.4 Å². The van der Waals surface area contributed by atoms with Crippen LogP contribution in [0, 0.1) is 7.05 Å². The number of nitrogens with one attached hydrogen (secondary N) is 2. The van der Waals surface area contributed by atoms with Crippen molar-refractivity contribution < 1.29 is 24.3 Å². The molecule has 0 aliphatic heterocycles. The molecule has 3 nitrogen and oxygen atoms in total. The van der Waals surface area contributed by atoms with Crippen LogP contribution >= 0.6 is 9.39 Å². The molecule has 5 heteroatoms. The van der Waals surface area contributed by atoms with Crippen molar-refractivity contribution in [2.24, 2.45) is 0 Å². The topological polar surface area (TPSA) is 41.1 Å². The van der Waals surface area contributed by atoms with Gasteiger partial charge in [0, 0.05) is 31.9 Å². The summed E-state index contributed by atoms with van der Waals surface area (Å²) in [5, 5.41) is 5.80. The van der Waals surface area contributed by atoms with E-state index in [0.717, 1.165) is 25.8 Å². The number of unbranched alkanes of at least 4 members (excludes halogenated alkanes) is 1. The summed E-state index contributed by atoms with van der Waals surface area (Å²) in [6.07, 6.45) is 3.64. The molecule has 2 atom stereocenters. The van der Waals surface area contributed by atoms with Gasteiger partial charge in [-0.25, -0.2) is 0 Å². The van der Waals surface area contributed by atoms with Gasteiger partial charge in [0.1, 0.15) is 5.78 Å². The van der Waals surface area contributed by atoms with Crippen molar-refractivity contribution in [2.45, 2.75) is 38.6 Å². The normalized spacial score (nSPS) is 11.9. The molecule has 0 aromatic carbocycles. The van der Waals surface area contributed by atoms with Gasteiger partial charge >= 0.3 is 0 Å². The zero-order valence-electron chi connectivity index (χ0n) is 8.64. The van der Waals surface area contributed by atoms with Gasteiger partial charge in [-0.2, -0.15) is 0 Å². The largest absolute Gasteiger partial charge is 0.464 e. The van der Waals surface area contributed by atoms with Crippen molar-refractivity contribution in [3.05, 3.63) is 7.05 Å². The molecule has 0 rings (SSSR count). The molecule has 2 unspecified atom stereocenters. The molecule has 0 aromatic rings. The van der Waals surface area contributed by atoms with E-state index >= 15 is 0 Å². The summed E-state index contributed by atoms with van der Waals surface area (Å²) >= 11 is 0. The van der Waals surface area contributed by atoms with Crippen LogP contribution in [0.5, 0.6) is 0 Å². The minimum atomic E-state index is -0.0468. The van der Waals surface area contributed by atoms with Crippen molar-refractivity contribution >= 4 is 15.2 Å². The van der Waals surface area contributed by atoms with Crippen molar-refractivity contribution in [3.8, 4) is 0 Å². The molecule has 2 N–H and O–H groups in total. The van der Waals surface area contributed by atoms with E-state index in [4.69, 9.17) is 0 Å². The molecule has 0 fully saturated rings. The summed E-state index contributed by atoms with van der Waals surface area (Å²) in [6.45, 7) is 2.87. The van der Waals surface area contributed by atoms with E-state index in [9.17, 15) is 4.79 Å². The van der Waals surface area contributed by atoms with Crippen LogP contribution in [0.1, 0.15) is 32.6 Å². The standard InChI is InChI=1S/C9H20N2OP.Rh/c1-3-9(12)8(10-2)6-4-5-7-11-13;/h8,10-11H,2-7,13H2,1H3;/q-1;. The molecular formula is C9H20N2OPRh-. The van der Waals surface area contributed by atoms with E-state index in [-0.39, 0.29) is 31.3 Å². The molecule has 87 valence electrons. The first-order valence-electron chi connectivity index (χ1n) is 4.75. The zero-order chi connectivity index (χ0) is 10.1. The first kappa shape index (κ1) is 17.1. The van der Waals surface area contributed by atoms with Crippen LogP contribution in [0.3, 0.4) is 0 Å². The fraction of sp³-hybridized carbons (Fsp3) is 0.778. The van der Waals surface area contributed by atoms with Crippen LogP contribution in [-0.2, 0) is 24.3 Å².